The Bertz CT molecular complexity index is 811. The van der Waals surface area contributed by atoms with Gasteiger partial charge in [-0.2, -0.15) is 0 Å². The predicted molar refractivity (Wildman–Crippen MR) is 107 cm³/mol. The van der Waals surface area contributed by atoms with E-state index in [0.717, 1.165) is 11.1 Å². The van der Waals surface area contributed by atoms with E-state index >= 15 is 0 Å². The fourth-order valence-corrected chi connectivity index (χ4v) is 3.64. The van der Waals surface area contributed by atoms with Crippen molar-refractivity contribution in [2.75, 3.05) is 6.61 Å². The lowest BCUT2D eigenvalue weighted by molar-refractivity contribution is -0.116. The Morgan fingerprint density at radius 3 is 2.15 bits per heavy atom. The molecule has 1 N–H and O–H groups in total. The van der Waals surface area contributed by atoms with Crippen molar-refractivity contribution in [2.45, 2.75) is 32.2 Å². The molecule has 1 aliphatic carbocycles. The number of amides is 1. The van der Waals surface area contributed by atoms with Crippen LogP contribution in [0.1, 0.15) is 37.3 Å². The van der Waals surface area contributed by atoms with E-state index < -0.39 is 12.1 Å². The third-order valence-corrected chi connectivity index (χ3v) is 4.89. The molecule has 4 nitrogen and oxygen atoms in total. The Kier molecular flexibility index (Phi) is 5.75. The second kappa shape index (κ2) is 8.21. The summed E-state index contributed by atoms with van der Waals surface area (Å²) in [5.74, 6) is 0.0757. The van der Waals surface area contributed by atoms with Crippen LogP contribution in [0.15, 0.2) is 61.2 Å². The molecule has 0 fully saturated rings. The van der Waals surface area contributed by atoms with Crippen molar-refractivity contribution in [3.8, 4) is 11.1 Å². The highest BCUT2D eigenvalue weighted by Crippen LogP contribution is 2.44. The van der Waals surface area contributed by atoms with Gasteiger partial charge in [0, 0.05) is 5.92 Å². The van der Waals surface area contributed by atoms with Crippen LogP contribution < -0.4 is 5.32 Å². The summed E-state index contributed by atoms with van der Waals surface area (Å²) in [6.07, 6.45) is 1.23. The van der Waals surface area contributed by atoms with Crippen LogP contribution in [0, 0.1) is 5.92 Å². The predicted octanol–water partition coefficient (Wildman–Crippen LogP) is 4.69. The topological polar surface area (TPSA) is 55.4 Å². The Balaban J connectivity index is 1.70. The summed E-state index contributed by atoms with van der Waals surface area (Å²) in [5, 5.41) is 2.69. The van der Waals surface area contributed by atoms with E-state index in [1.807, 2.05) is 38.1 Å². The van der Waals surface area contributed by atoms with Gasteiger partial charge in [0.25, 0.3) is 0 Å². The number of alkyl carbamates (subject to hydrolysis) is 1. The number of carbonyl (C=O) groups excluding carboxylic acids is 2. The van der Waals surface area contributed by atoms with Crippen LogP contribution in [0.5, 0.6) is 0 Å². The fraction of sp³-hybridized carbons (Fsp3) is 0.304. The van der Waals surface area contributed by atoms with Gasteiger partial charge in [0.2, 0.25) is 0 Å². The molecule has 0 spiro atoms. The first-order valence-electron chi connectivity index (χ1n) is 9.29. The molecule has 3 rings (SSSR count). The first kappa shape index (κ1) is 18.9. The number of carbonyl (C=O) groups is 2. The lowest BCUT2D eigenvalue weighted by Crippen LogP contribution is -2.41. The lowest BCUT2D eigenvalue weighted by atomic mass is 9.98. The number of rotatable bonds is 7. The maximum absolute atomic E-state index is 12.3. The average Bonchev–Trinajstić information content (AvgIpc) is 2.99. The molecule has 2 aromatic rings. The Morgan fingerprint density at radius 1 is 1.07 bits per heavy atom. The molecule has 0 saturated heterocycles. The molecular weight excluding hydrogens is 338 g/mol. The highest BCUT2D eigenvalue weighted by molar-refractivity contribution is 5.95. The largest absolute Gasteiger partial charge is 0.449 e. The van der Waals surface area contributed by atoms with Crippen LogP contribution in [0.3, 0.4) is 0 Å². The molecule has 0 radical (unpaired) electrons. The second-order valence-corrected chi connectivity index (χ2v) is 7.26. The van der Waals surface area contributed by atoms with Crippen molar-refractivity contribution >= 4 is 11.9 Å². The summed E-state index contributed by atoms with van der Waals surface area (Å²) in [6.45, 7) is 7.75. The van der Waals surface area contributed by atoms with Gasteiger partial charge in [-0.05, 0) is 40.7 Å². The molecule has 2 aromatic carbocycles. The molecule has 0 saturated carbocycles. The summed E-state index contributed by atoms with van der Waals surface area (Å²) in [5.41, 5.74) is 4.68. The Labute approximate surface area is 160 Å². The van der Waals surface area contributed by atoms with Crippen molar-refractivity contribution in [3.63, 3.8) is 0 Å². The van der Waals surface area contributed by atoms with E-state index in [1.165, 1.54) is 17.2 Å². The minimum atomic E-state index is -0.599. The third kappa shape index (κ3) is 4.11. The second-order valence-electron chi connectivity index (χ2n) is 7.26. The summed E-state index contributed by atoms with van der Waals surface area (Å²) < 4.78 is 5.51. The number of hydrogen-bond donors (Lipinski definition) is 1. The van der Waals surface area contributed by atoms with Gasteiger partial charge in [0.1, 0.15) is 6.61 Å². The molecule has 1 atom stereocenters. The van der Waals surface area contributed by atoms with E-state index in [9.17, 15) is 9.59 Å². The molecular formula is C23H25NO3. The molecule has 27 heavy (non-hydrogen) atoms. The number of ether oxygens (including phenoxy) is 1. The number of ketones is 1. The normalized spacial score (nSPS) is 13.6. The Hall–Kier alpha value is -2.88. The highest BCUT2D eigenvalue weighted by Gasteiger charge is 2.29. The van der Waals surface area contributed by atoms with Gasteiger partial charge in [0.05, 0.1) is 6.04 Å². The van der Waals surface area contributed by atoms with E-state index in [0.29, 0.717) is 6.42 Å². The molecule has 1 aliphatic rings. The minimum Gasteiger partial charge on any atom is -0.449 e. The van der Waals surface area contributed by atoms with Gasteiger partial charge < -0.3 is 10.1 Å². The Morgan fingerprint density at radius 2 is 1.63 bits per heavy atom. The first-order valence-corrected chi connectivity index (χ1v) is 9.29. The summed E-state index contributed by atoms with van der Waals surface area (Å²) in [4.78, 5) is 24.3. The first-order chi connectivity index (χ1) is 13.0. The molecule has 4 heteroatoms. The standard InChI is InChI=1S/C23H25NO3/c1-4-22(25)21(13-15(2)3)24-23(26)27-14-20-18-11-7-5-9-16(18)17-10-6-8-12-19(17)20/h4-12,15,20-21H,1,13-14H2,2-3H3,(H,24,26)/t21-/m0/s1. The van der Waals surface area contributed by atoms with Crippen LogP contribution in [0.2, 0.25) is 0 Å². The zero-order valence-corrected chi connectivity index (χ0v) is 15.8. The highest BCUT2D eigenvalue weighted by atomic mass is 16.5. The van der Waals surface area contributed by atoms with E-state index in [1.54, 1.807) is 0 Å². The van der Waals surface area contributed by atoms with Gasteiger partial charge in [0.15, 0.2) is 5.78 Å². The zero-order chi connectivity index (χ0) is 19.4. The lowest BCUT2D eigenvalue weighted by Gasteiger charge is -2.19. The molecule has 140 valence electrons. The van der Waals surface area contributed by atoms with Crippen LogP contribution in [0.25, 0.3) is 11.1 Å². The summed E-state index contributed by atoms with van der Waals surface area (Å²) in [7, 11) is 0. The molecule has 0 aliphatic heterocycles. The molecule has 0 unspecified atom stereocenters. The van der Waals surface area contributed by atoms with Crippen LogP contribution in [0.4, 0.5) is 4.79 Å². The van der Waals surface area contributed by atoms with Gasteiger partial charge in [-0.3, -0.25) is 4.79 Å². The van der Waals surface area contributed by atoms with E-state index in [2.05, 4.69) is 36.2 Å². The summed E-state index contributed by atoms with van der Waals surface area (Å²) in [6, 6.07) is 15.8. The fourth-order valence-electron chi connectivity index (χ4n) is 3.64. The molecule has 0 aromatic heterocycles. The maximum atomic E-state index is 12.3. The van der Waals surface area contributed by atoms with Crippen molar-refractivity contribution in [1.29, 1.82) is 0 Å². The van der Waals surface area contributed by atoms with E-state index in [4.69, 9.17) is 4.74 Å². The van der Waals surface area contributed by atoms with E-state index in [-0.39, 0.29) is 24.2 Å². The monoisotopic (exact) mass is 363 g/mol. The van der Waals surface area contributed by atoms with Crippen molar-refractivity contribution < 1.29 is 14.3 Å². The zero-order valence-electron chi connectivity index (χ0n) is 15.8. The van der Waals surface area contributed by atoms with Crippen LogP contribution in [-0.4, -0.2) is 24.5 Å². The molecule has 0 bridgehead atoms. The van der Waals surface area contributed by atoms with Gasteiger partial charge >= 0.3 is 6.09 Å². The van der Waals surface area contributed by atoms with Crippen LogP contribution in [-0.2, 0) is 9.53 Å². The molecule has 0 heterocycles. The number of hydrogen-bond acceptors (Lipinski definition) is 3. The summed E-state index contributed by atoms with van der Waals surface area (Å²) >= 11 is 0. The number of nitrogens with one attached hydrogen (secondary N) is 1. The number of fused-ring (bicyclic) bond motifs is 3. The molecule has 1 amide bonds. The smallest absolute Gasteiger partial charge is 0.407 e. The van der Waals surface area contributed by atoms with Crippen molar-refractivity contribution in [3.05, 3.63) is 72.3 Å². The van der Waals surface area contributed by atoms with Gasteiger partial charge in [-0.1, -0.05) is 69.0 Å². The van der Waals surface area contributed by atoms with Crippen molar-refractivity contribution in [1.82, 2.24) is 5.32 Å². The van der Waals surface area contributed by atoms with Gasteiger partial charge in [-0.25, -0.2) is 4.79 Å². The van der Waals surface area contributed by atoms with Crippen molar-refractivity contribution in [2.24, 2.45) is 5.92 Å². The minimum absolute atomic E-state index is 0.00167. The maximum Gasteiger partial charge on any atom is 0.407 e. The van der Waals surface area contributed by atoms with Gasteiger partial charge in [-0.15, -0.1) is 0 Å². The third-order valence-electron chi connectivity index (χ3n) is 4.89. The average molecular weight is 363 g/mol. The quantitative estimate of drug-likeness (QED) is 0.726. The number of benzene rings is 2. The van der Waals surface area contributed by atoms with Crippen LogP contribution >= 0.6 is 0 Å². The SMILES string of the molecule is C=CC(=O)[C@H](CC(C)C)NC(=O)OCC1c2ccccc2-c2ccccc21.